The van der Waals surface area contributed by atoms with Crippen LogP contribution in [0.5, 0.6) is 0 Å². The standard InChI is InChI=1S/2C18H19NO2/c2*1-18(2)17(20)16(21-18)15(13-9-5-3-6-10-13)19-14-11-7-4-8-12-14/h2*3-12,15-16,19H,1-2H3/t2*15-,16+/m10/s1. The molecule has 6 heteroatoms. The number of benzene rings is 4. The van der Waals surface area contributed by atoms with Crippen LogP contribution >= 0.6 is 0 Å². The number of nitrogens with one attached hydrogen (secondary N) is 2. The molecule has 0 unspecified atom stereocenters. The Morgan fingerprint density at radius 1 is 0.500 bits per heavy atom. The SMILES string of the molecule is CC1(C)O[C@@H]([C@H](Nc2ccccc2)c2ccccc2)C1=O.CC1(C)O[C@H]([C@@H](Nc2ccccc2)c2ccccc2)C1=O. The van der Waals surface area contributed by atoms with E-state index in [4.69, 9.17) is 9.47 Å². The van der Waals surface area contributed by atoms with Crippen LogP contribution in [0.15, 0.2) is 121 Å². The van der Waals surface area contributed by atoms with Crippen molar-refractivity contribution in [2.45, 2.75) is 63.2 Å². The van der Waals surface area contributed by atoms with Gasteiger partial charge in [0.1, 0.15) is 23.4 Å². The van der Waals surface area contributed by atoms with Crippen molar-refractivity contribution < 1.29 is 19.1 Å². The second-order valence-electron chi connectivity index (χ2n) is 11.6. The van der Waals surface area contributed by atoms with Gasteiger partial charge in [-0.05, 0) is 63.1 Å². The molecule has 0 spiro atoms. The van der Waals surface area contributed by atoms with E-state index in [1.807, 2.05) is 149 Å². The molecule has 2 N–H and O–H groups in total. The fourth-order valence-electron chi connectivity index (χ4n) is 5.28. The van der Waals surface area contributed by atoms with E-state index < -0.39 is 23.4 Å². The van der Waals surface area contributed by atoms with E-state index in [1.54, 1.807) is 0 Å². The molecule has 2 aliphatic rings. The number of ketones is 2. The molecule has 2 aliphatic heterocycles. The molecule has 4 atom stereocenters. The summed E-state index contributed by atoms with van der Waals surface area (Å²) in [5.74, 6) is 0.277. The Morgan fingerprint density at radius 2 is 0.786 bits per heavy atom. The zero-order chi connectivity index (χ0) is 29.7. The van der Waals surface area contributed by atoms with Crippen molar-refractivity contribution in [3.05, 3.63) is 132 Å². The quantitative estimate of drug-likeness (QED) is 0.237. The zero-order valence-electron chi connectivity index (χ0n) is 24.5. The Morgan fingerprint density at radius 3 is 1.05 bits per heavy atom. The largest absolute Gasteiger partial charge is 0.375 e. The summed E-state index contributed by atoms with van der Waals surface area (Å²) in [5.41, 5.74) is 2.72. The Bertz CT molecular complexity index is 1360. The topological polar surface area (TPSA) is 76.7 Å². The number of hydrogen-bond donors (Lipinski definition) is 2. The van der Waals surface area contributed by atoms with Crippen LogP contribution in [0.1, 0.15) is 50.9 Å². The monoisotopic (exact) mass is 562 g/mol. The Labute approximate surface area is 248 Å². The van der Waals surface area contributed by atoms with Gasteiger partial charge in [0.15, 0.2) is 11.6 Å². The van der Waals surface area contributed by atoms with Crippen LogP contribution in [0, 0.1) is 0 Å². The number of hydrogen-bond acceptors (Lipinski definition) is 6. The first-order valence-electron chi connectivity index (χ1n) is 14.3. The smallest absolute Gasteiger partial charge is 0.195 e. The molecular weight excluding hydrogens is 524 g/mol. The van der Waals surface area contributed by atoms with Gasteiger partial charge in [-0.3, -0.25) is 9.59 Å². The molecule has 0 aliphatic carbocycles. The molecule has 0 saturated carbocycles. The lowest BCUT2D eigenvalue weighted by atomic mass is 9.84. The van der Waals surface area contributed by atoms with E-state index in [-0.39, 0.29) is 23.7 Å². The van der Waals surface area contributed by atoms with E-state index in [1.165, 1.54) is 0 Å². The highest BCUT2D eigenvalue weighted by molar-refractivity contribution is 5.97. The fraction of sp³-hybridized carbons (Fsp3) is 0.278. The van der Waals surface area contributed by atoms with Crippen LogP contribution in [0.25, 0.3) is 0 Å². The van der Waals surface area contributed by atoms with E-state index >= 15 is 0 Å². The number of anilines is 2. The number of carbonyl (C=O) groups is 2. The molecule has 2 heterocycles. The molecule has 216 valence electrons. The molecule has 4 aromatic carbocycles. The summed E-state index contributed by atoms with van der Waals surface area (Å²) in [6.45, 7) is 7.26. The van der Waals surface area contributed by atoms with E-state index in [2.05, 4.69) is 10.6 Å². The normalized spacial score (nSPS) is 21.4. The minimum absolute atomic E-state index is 0.139. The fourth-order valence-corrected chi connectivity index (χ4v) is 5.28. The molecule has 0 bridgehead atoms. The third-order valence-electron chi connectivity index (χ3n) is 7.66. The van der Waals surface area contributed by atoms with Crippen LogP contribution in [-0.4, -0.2) is 35.0 Å². The molecule has 0 amide bonds. The second-order valence-corrected chi connectivity index (χ2v) is 11.6. The van der Waals surface area contributed by atoms with Crippen LogP contribution in [-0.2, 0) is 19.1 Å². The predicted molar refractivity (Wildman–Crippen MR) is 166 cm³/mol. The first kappa shape index (κ1) is 29.2. The van der Waals surface area contributed by atoms with Gasteiger partial charge in [-0.25, -0.2) is 0 Å². The maximum atomic E-state index is 12.3. The van der Waals surface area contributed by atoms with Crippen molar-refractivity contribution in [2.24, 2.45) is 0 Å². The number of rotatable bonds is 8. The van der Waals surface area contributed by atoms with Gasteiger partial charge >= 0.3 is 0 Å². The van der Waals surface area contributed by atoms with Crippen molar-refractivity contribution >= 4 is 22.9 Å². The van der Waals surface area contributed by atoms with Gasteiger partial charge in [-0.15, -0.1) is 0 Å². The average molecular weight is 563 g/mol. The van der Waals surface area contributed by atoms with E-state index in [9.17, 15) is 9.59 Å². The molecule has 2 saturated heterocycles. The maximum absolute atomic E-state index is 12.3. The summed E-state index contributed by atoms with van der Waals surface area (Å²) in [6.07, 6.45) is -0.884. The highest BCUT2D eigenvalue weighted by atomic mass is 16.6. The van der Waals surface area contributed by atoms with Crippen molar-refractivity contribution in [1.82, 2.24) is 0 Å². The molecule has 42 heavy (non-hydrogen) atoms. The van der Waals surface area contributed by atoms with Crippen molar-refractivity contribution in [3.63, 3.8) is 0 Å². The summed E-state index contributed by atoms with van der Waals surface area (Å²) in [4.78, 5) is 24.6. The van der Waals surface area contributed by atoms with Crippen molar-refractivity contribution in [3.8, 4) is 0 Å². The third kappa shape index (κ3) is 6.46. The van der Waals surface area contributed by atoms with Gasteiger partial charge in [-0.2, -0.15) is 0 Å². The van der Waals surface area contributed by atoms with Crippen molar-refractivity contribution in [2.75, 3.05) is 10.6 Å². The first-order chi connectivity index (χ1) is 20.2. The number of carbonyl (C=O) groups excluding carboxylic acids is 2. The Kier molecular flexibility index (Phi) is 8.57. The lowest BCUT2D eigenvalue weighted by Gasteiger charge is -2.45. The predicted octanol–water partition coefficient (Wildman–Crippen LogP) is 7.17. The van der Waals surface area contributed by atoms with Gasteiger partial charge < -0.3 is 20.1 Å². The number of Topliss-reactive ketones (excluding diaryl/α,β-unsaturated/α-hetero) is 2. The van der Waals surface area contributed by atoms with Gasteiger partial charge in [0.05, 0.1) is 12.1 Å². The minimum atomic E-state index is -0.671. The molecule has 2 fully saturated rings. The highest BCUT2D eigenvalue weighted by Crippen LogP contribution is 2.38. The van der Waals surface area contributed by atoms with Crippen LogP contribution in [0.3, 0.4) is 0 Å². The Balaban J connectivity index is 0.000000168. The summed E-state index contributed by atoms with van der Waals surface area (Å²) >= 11 is 0. The zero-order valence-corrected chi connectivity index (χ0v) is 24.5. The van der Waals surface area contributed by atoms with Gasteiger partial charge in [0, 0.05) is 11.4 Å². The van der Waals surface area contributed by atoms with Crippen LogP contribution < -0.4 is 10.6 Å². The van der Waals surface area contributed by atoms with Gasteiger partial charge in [0.2, 0.25) is 0 Å². The highest BCUT2D eigenvalue weighted by Gasteiger charge is 2.52. The molecular formula is C36H38N2O4. The lowest BCUT2D eigenvalue weighted by Crippen LogP contribution is -2.60. The van der Waals surface area contributed by atoms with Gasteiger partial charge in [0.25, 0.3) is 0 Å². The lowest BCUT2D eigenvalue weighted by molar-refractivity contribution is -0.196. The summed E-state index contributed by atoms with van der Waals surface area (Å²) < 4.78 is 11.6. The third-order valence-corrected chi connectivity index (χ3v) is 7.66. The van der Waals surface area contributed by atoms with Gasteiger partial charge in [-0.1, -0.05) is 97.1 Å². The number of para-hydroxylation sites is 2. The Hall–Kier alpha value is -4.26. The maximum Gasteiger partial charge on any atom is 0.195 e. The molecule has 0 aromatic heterocycles. The summed E-state index contributed by atoms with van der Waals surface area (Å²) in [6, 6.07) is 39.3. The summed E-state index contributed by atoms with van der Waals surface area (Å²) in [5, 5.41) is 6.84. The van der Waals surface area contributed by atoms with E-state index in [0.29, 0.717) is 0 Å². The average Bonchev–Trinajstić information content (AvgIpc) is 3.02. The molecule has 4 aromatic rings. The second kappa shape index (κ2) is 12.3. The molecule has 0 radical (unpaired) electrons. The first-order valence-corrected chi connectivity index (χ1v) is 14.3. The van der Waals surface area contributed by atoms with Crippen molar-refractivity contribution in [1.29, 1.82) is 0 Å². The molecule has 6 nitrogen and oxygen atoms in total. The minimum Gasteiger partial charge on any atom is -0.375 e. The van der Waals surface area contributed by atoms with Crippen LogP contribution in [0.2, 0.25) is 0 Å². The van der Waals surface area contributed by atoms with E-state index in [0.717, 1.165) is 22.5 Å². The summed E-state index contributed by atoms with van der Waals surface area (Å²) in [7, 11) is 0. The molecule has 6 rings (SSSR count). The number of ether oxygens (including phenoxy) is 2. The van der Waals surface area contributed by atoms with Crippen LogP contribution in [0.4, 0.5) is 11.4 Å².